The summed E-state index contributed by atoms with van der Waals surface area (Å²) in [6.45, 7) is 0.914. The van der Waals surface area contributed by atoms with Gasteiger partial charge in [0, 0.05) is 25.1 Å². The normalized spacial score (nSPS) is 19.9. The molecule has 3 heterocycles. The molecule has 0 spiro atoms. The number of rotatable bonds is 3. The maximum atomic E-state index is 14.0. The molecule has 3 aromatic rings. The number of hydrogen-bond donors (Lipinski definition) is 1. The molecule has 33 heavy (non-hydrogen) atoms. The van der Waals surface area contributed by atoms with Crippen LogP contribution in [0.15, 0.2) is 54.7 Å². The van der Waals surface area contributed by atoms with Crippen molar-refractivity contribution < 1.29 is 22.7 Å². The van der Waals surface area contributed by atoms with Gasteiger partial charge in [-0.1, -0.05) is 42.5 Å². The minimum Gasteiger partial charge on any atom is -0.496 e. The highest BCUT2D eigenvalue weighted by atomic mass is 19.4. The number of nitrogens with zero attached hydrogens (tertiary/aromatic N) is 3. The van der Waals surface area contributed by atoms with Gasteiger partial charge in [0.1, 0.15) is 17.1 Å². The molecule has 0 aliphatic carbocycles. The van der Waals surface area contributed by atoms with E-state index in [4.69, 9.17) is 4.74 Å². The molecule has 1 N–H and O–H groups in total. The molecule has 1 amide bonds. The third-order valence-corrected chi connectivity index (χ3v) is 6.40. The number of carbonyl (C=O) groups excluding carboxylic acids is 1. The first-order valence-corrected chi connectivity index (χ1v) is 10.8. The number of ether oxygens (including phenoxy) is 1. The van der Waals surface area contributed by atoms with Crippen molar-refractivity contribution in [3.05, 3.63) is 77.0 Å². The molecule has 2 aromatic carbocycles. The van der Waals surface area contributed by atoms with E-state index in [0.29, 0.717) is 30.8 Å². The zero-order chi connectivity index (χ0) is 23.2. The van der Waals surface area contributed by atoms with E-state index in [1.165, 1.54) is 18.9 Å². The fraction of sp³-hybridized carbons (Fsp3) is 0.333. The smallest absolute Gasteiger partial charge is 0.410 e. The van der Waals surface area contributed by atoms with Crippen molar-refractivity contribution >= 4 is 11.7 Å². The Kier molecular flexibility index (Phi) is 5.26. The Balaban J connectivity index is 1.50. The van der Waals surface area contributed by atoms with Crippen molar-refractivity contribution in [1.82, 2.24) is 14.7 Å². The number of para-hydroxylation sites is 1. The number of benzene rings is 2. The first-order valence-electron chi connectivity index (χ1n) is 10.8. The molecule has 9 heteroatoms. The third kappa shape index (κ3) is 3.81. The van der Waals surface area contributed by atoms with Gasteiger partial charge in [-0.25, -0.2) is 4.68 Å². The molecule has 0 saturated heterocycles. The van der Waals surface area contributed by atoms with Crippen molar-refractivity contribution in [1.29, 1.82) is 0 Å². The topological polar surface area (TPSA) is 59.4 Å². The van der Waals surface area contributed by atoms with E-state index in [1.807, 2.05) is 24.3 Å². The standard InChI is InChI=1S/C24H23F3N4O2/c1-33-20-9-5-4-8-17(20)19-12-21(24(25,26)27)31-22(29-19)18(13-28-31)23(32)30-11-10-15-6-2-3-7-16(15)14-30/h2-9,13,19,21,29H,10-12,14H2,1H3/t19-,21+/m1/s1. The molecule has 0 bridgehead atoms. The zero-order valence-electron chi connectivity index (χ0n) is 18.0. The van der Waals surface area contributed by atoms with E-state index < -0.39 is 18.3 Å². The van der Waals surface area contributed by atoms with E-state index in [2.05, 4.69) is 10.4 Å². The summed E-state index contributed by atoms with van der Waals surface area (Å²) in [6, 6.07) is 12.3. The minimum absolute atomic E-state index is 0.0864. The Morgan fingerprint density at radius 1 is 1.12 bits per heavy atom. The van der Waals surface area contributed by atoms with E-state index >= 15 is 0 Å². The van der Waals surface area contributed by atoms with Crippen molar-refractivity contribution in [2.75, 3.05) is 19.0 Å². The lowest BCUT2D eigenvalue weighted by Crippen LogP contribution is -2.38. The van der Waals surface area contributed by atoms with Crippen LogP contribution in [0.1, 0.15) is 45.6 Å². The van der Waals surface area contributed by atoms with Crippen LogP contribution in [0.4, 0.5) is 19.0 Å². The molecule has 2 atom stereocenters. The highest BCUT2D eigenvalue weighted by Gasteiger charge is 2.48. The molecular weight excluding hydrogens is 433 g/mol. The third-order valence-electron chi connectivity index (χ3n) is 6.40. The van der Waals surface area contributed by atoms with E-state index in [9.17, 15) is 18.0 Å². The molecule has 1 aromatic heterocycles. The summed E-state index contributed by atoms with van der Waals surface area (Å²) in [7, 11) is 1.48. The molecule has 0 unspecified atom stereocenters. The van der Waals surface area contributed by atoms with E-state index in [0.717, 1.165) is 10.2 Å². The number of anilines is 1. The van der Waals surface area contributed by atoms with Crippen LogP contribution in [-0.2, 0) is 13.0 Å². The van der Waals surface area contributed by atoms with Gasteiger partial charge in [0.2, 0.25) is 0 Å². The van der Waals surface area contributed by atoms with E-state index in [-0.39, 0.29) is 23.7 Å². The Hall–Kier alpha value is -3.49. The summed E-state index contributed by atoms with van der Waals surface area (Å²) in [5, 5.41) is 7.14. The first-order chi connectivity index (χ1) is 15.9. The van der Waals surface area contributed by atoms with Crippen LogP contribution in [0.3, 0.4) is 0 Å². The molecule has 5 rings (SSSR count). The maximum absolute atomic E-state index is 14.0. The van der Waals surface area contributed by atoms with Crippen LogP contribution in [0.5, 0.6) is 5.75 Å². The summed E-state index contributed by atoms with van der Waals surface area (Å²) in [4.78, 5) is 15.1. The van der Waals surface area contributed by atoms with Gasteiger partial charge in [-0.2, -0.15) is 18.3 Å². The summed E-state index contributed by atoms with van der Waals surface area (Å²) in [5.74, 6) is 0.243. The Morgan fingerprint density at radius 2 is 1.85 bits per heavy atom. The predicted molar refractivity (Wildman–Crippen MR) is 116 cm³/mol. The molecule has 0 radical (unpaired) electrons. The average molecular weight is 456 g/mol. The highest BCUT2D eigenvalue weighted by molar-refractivity contribution is 5.99. The van der Waals surface area contributed by atoms with Gasteiger partial charge in [0.25, 0.3) is 5.91 Å². The van der Waals surface area contributed by atoms with E-state index in [1.54, 1.807) is 29.2 Å². The number of hydrogen-bond acceptors (Lipinski definition) is 4. The summed E-state index contributed by atoms with van der Waals surface area (Å²) in [6.07, 6.45) is -2.83. The van der Waals surface area contributed by atoms with Crippen molar-refractivity contribution in [2.24, 2.45) is 0 Å². The van der Waals surface area contributed by atoms with Gasteiger partial charge >= 0.3 is 6.18 Å². The second-order valence-electron chi connectivity index (χ2n) is 8.33. The lowest BCUT2D eigenvalue weighted by Gasteiger charge is -2.35. The average Bonchev–Trinajstić information content (AvgIpc) is 3.25. The number of halogens is 3. The fourth-order valence-electron chi connectivity index (χ4n) is 4.72. The van der Waals surface area contributed by atoms with Crippen LogP contribution < -0.4 is 10.1 Å². The van der Waals surface area contributed by atoms with Gasteiger partial charge in [-0.05, 0) is 23.6 Å². The monoisotopic (exact) mass is 456 g/mol. The van der Waals surface area contributed by atoms with Gasteiger partial charge in [-0.3, -0.25) is 4.79 Å². The van der Waals surface area contributed by atoms with Crippen LogP contribution in [0, 0.1) is 0 Å². The Bertz CT molecular complexity index is 1190. The van der Waals surface area contributed by atoms with Crippen LogP contribution >= 0.6 is 0 Å². The van der Waals surface area contributed by atoms with Crippen LogP contribution in [0.2, 0.25) is 0 Å². The zero-order valence-corrected chi connectivity index (χ0v) is 18.0. The van der Waals surface area contributed by atoms with Gasteiger partial charge in [0.05, 0.1) is 19.3 Å². The molecule has 172 valence electrons. The van der Waals surface area contributed by atoms with Gasteiger partial charge < -0.3 is 15.0 Å². The second-order valence-corrected chi connectivity index (χ2v) is 8.33. The first kappa shape index (κ1) is 21.4. The second kappa shape index (κ2) is 8.13. The largest absolute Gasteiger partial charge is 0.496 e. The SMILES string of the molecule is COc1ccccc1[C@H]1C[C@@H](C(F)(F)F)n2ncc(C(=O)N3CCc4ccccc4C3)c2N1. The number of aromatic nitrogens is 2. The Labute approximate surface area is 189 Å². The summed E-state index contributed by atoms with van der Waals surface area (Å²) in [5.41, 5.74) is 2.98. The fourth-order valence-corrected chi connectivity index (χ4v) is 4.72. The highest BCUT2D eigenvalue weighted by Crippen LogP contribution is 2.46. The molecule has 2 aliphatic heterocycles. The molecule has 2 aliphatic rings. The van der Waals surface area contributed by atoms with Crippen molar-refractivity contribution in [3.63, 3.8) is 0 Å². The number of nitrogens with one attached hydrogen (secondary N) is 1. The maximum Gasteiger partial charge on any atom is 0.410 e. The quantitative estimate of drug-likeness (QED) is 0.618. The van der Waals surface area contributed by atoms with Crippen LogP contribution in [0.25, 0.3) is 0 Å². The summed E-state index contributed by atoms with van der Waals surface area (Å²) >= 11 is 0. The van der Waals surface area contributed by atoms with Crippen LogP contribution in [-0.4, -0.2) is 40.4 Å². The van der Waals surface area contributed by atoms with Crippen molar-refractivity contribution in [2.45, 2.75) is 37.6 Å². The summed E-state index contributed by atoms with van der Waals surface area (Å²) < 4.78 is 48.3. The number of methoxy groups -OCH3 is 1. The lowest BCUT2D eigenvalue weighted by molar-refractivity contribution is -0.173. The number of fused-ring (bicyclic) bond motifs is 2. The van der Waals surface area contributed by atoms with Crippen molar-refractivity contribution in [3.8, 4) is 5.75 Å². The molecule has 0 fully saturated rings. The lowest BCUT2D eigenvalue weighted by atomic mass is 9.95. The number of alkyl halides is 3. The van der Waals surface area contributed by atoms with Gasteiger partial charge in [0.15, 0.2) is 6.04 Å². The Morgan fingerprint density at radius 3 is 2.61 bits per heavy atom. The minimum atomic E-state index is -4.52. The molecular formula is C24H23F3N4O2. The number of carbonyl (C=O) groups is 1. The molecule has 0 saturated carbocycles. The predicted octanol–water partition coefficient (Wildman–Crippen LogP) is 4.75. The number of amides is 1. The van der Waals surface area contributed by atoms with Gasteiger partial charge in [-0.15, -0.1) is 0 Å². The molecule has 6 nitrogen and oxygen atoms in total.